The van der Waals surface area contributed by atoms with Crippen molar-refractivity contribution in [1.29, 1.82) is 0 Å². The van der Waals surface area contributed by atoms with Gasteiger partial charge < -0.3 is 10.1 Å². The van der Waals surface area contributed by atoms with Crippen LogP contribution < -0.4 is 10.1 Å². The molecular formula is C14H13N3OS. The van der Waals surface area contributed by atoms with Gasteiger partial charge in [0.2, 0.25) is 0 Å². The van der Waals surface area contributed by atoms with Crippen molar-refractivity contribution in [2.45, 2.75) is 6.54 Å². The molecule has 0 radical (unpaired) electrons. The van der Waals surface area contributed by atoms with Crippen LogP contribution in [-0.2, 0) is 6.54 Å². The highest BCUT2D eigenvalue weighted by atomic mass is 32.1. The van der Waals surface area contributed by atoms with Gasteiger partial charge in [0.25, 0.3) is 0 Å². The lowest BCUT2D eigenvalue weighted by molar-refractivity contribution is 0.414. The Labute approximate surface area is 115 Å². The highest BCUT2D eigenvalue weighted by Gasteiger charge is 2.03. The summed E-state index contributed by atoms with van der Waals surface area (Å²) in [5.74, 6) is 0.870. The summed E-state index contributed by atoms with van der Waals surface area (Å²) in [6.45, 7) is 0.753. The molecule has 0 aliphatic rings. The molecule has 3 aromatic rings. The summed E-state index contributed by atoms with van der Waals surface area (Å²) < 4.78 is 6.28. The molecule has 1 N–H and O–H groups in total. The molecule has 1 aromatic carbocycles. The van der Waals surface area contributed by atoms with Crippen LogP contribution in [-0.4, -0.2) is 17.1 Å². The van der Waals surface area contributed by atoms with E-state index in [4.69, 9.17) is 4.74 Å². The van der Waals surface area contributed by atoms with Gasteiger partial charge >= 0.3 is 0 Å². The van der Waals surface area contributed by atoms with Gasteiger partial charge in [0, 0.05) is 6.54 Å². The Bertz CT molecular complexity index is 678. The first kappa shape index (κ1) is 11.9. The summed E-state index contributed by atoms with van der Waals surface area (Å²) in [6.07, 6.45) is 3.62. The first-order chi connectivity index (χ1) is 9.36. The zero-order valence-electron chi connectivity index (χ0n) is 10.5. The number of hydrogen-bond donors (Lipinski definition) is 1. The molecule has 0 aliphatic heterocycles. The number of hydrogen-bond acceptors (Lipinski definition) is 5. The van der Waals surface area contributed by atoms with Crippen molar-refractivity contribution in [1.82, 2.24) is 9.97 Å². The number of fused-ring (bicyclic) bond motifs is 1. The number of thiazole rings is 1. The number of pyridine rings is 1. The Hall–Kier alpha value is -2.14. The third kappa shape index (κ3) is 2.51. The molecule has 4 nitrogen and oxygen atoms in total. The lowest BCUT2D eigenvalue weighted by Gasteiger charge is -2.07. The summed E-state index contributed by atoms with van der Waals surface area (Å²) in [7, 11) is 1.67. The Morgan fingerprint density at radius 2 is 2.05 bits per heavy atom. The molecule has 0 fully saturated rings. The minimum atomic E-state index is 0.753. The van der Waals surface area contributed by atoms with Gasteiger partial charge in [-0.25, -0.2) is 4.98 Å². The zero-order valence-corrected chi connectivity index (χ0v) is 11.3. The first-order valence-electron chi connectivity index (χ1n) is 5.91. The predicted molar refractivity (Wildman–Crippen MR) is 77.7 cm³/mol. The van der Waals surface area contributed by atoms with Crippen LogP contribution in [0.25, 0.3) is 10.2 Å². The van der Waals surface area contributed by atoms with Gasteiger partial charge in [-0.1, -0.05) is 12.1 Å². The average Bonchev–Trinajstić information content (AvgIpc) is 2.94. The van der Waals surface area contributed by atoms with Crippen molar-refractivity contribution in [3.63, 3.8) is 0 Å². The Balaban J connectivity index is 1.76. The number of anilines is 1. The highest BCUT2D eigenvalue weighted by molar-refractivity contribution is 7.17. The Morgan fingerprint density at radius 3 is 2.84 bits per heavy atom. The summed E-state index contributed by atoms with van der Waals surface area (Å²) in [5.41, 5.74) is 4.99. The number of methoxy groups -OCH3 is 1. The van der Waals surface area contributed by atoms with Crippen molar-refractivity contribution < 1.29 is 4.74 Å². The van der Waals surface area contributed by atoms with E-state index >= 15 is 0 Å². The molecule has 0 bridgehead atoms. The average molecular weight is 271 g/mol. The molecule has 19 heavy (non-hydrogen) atoms. The van der Waals surface area contributed by atoms with Crippen LogP contribution in [0, 0.1) is 0 Å². The van der Waals surface area contributed by atoms with Crippen LogP contribution in [0.5, 0.6) is 5.75 Å². The highest BCUT2D eigenvalue weighted by Crippen LogP contribution is 2.25. The molecule has 0 saturated heterocycles. The predicted octanol–water partition coefficient (Wildman–Crippen LogP) is 3.31. The second kappa shape index (κ2) is 5.24. The molecule has 0 aliphatic carbocycles. The van der Waals surface area contributed by atoms with E-state index in [1.54, 1.807) is 24.6 Å². The minimum absolute atomic E-state index is 0.753. The van der Waals surface area contributed by atoms with Crippen LogP contribution in [0.1, 0.15) is 5.56 Å². The van der Waals surface area contributed by atoms with Gasteiger partial charge in [-0.3, -0.25) is 4.98 Å². The van der Waals surface area contributed by atoms with Crippen molar-refractivity contribution in [2.75, 3.05) is 12.4 Å². The van der Waals surface area contributed by atoms with Gasteiger partial charge in [-0.2, -0.15) is 0 Å². The molecule has 3 rings (SSSR count). The third-order valence-corrected chi connectivity index (χ3v) is 3.76. The van der Waals surface area contributed by atoms with Crippen molar-refractivity contribution in [2.24, 2.45) is 0 Å². The molecular weight excluding hydrogens is 258 g/mol. The van der Waals surface area contributed by atoms with Crippen molar-refractivity contribution in [3.8, 4) is 5.75 Å². The Kier molecular flexibility index (Phi) is 3.29. The van der Waals surface area contributed by atoms with E-state index in [0.717, 1.165) is 28.2 Å². The third-order valence-electron chi connectivity index (χ3n) is 2.88. The summed E-state index contributed by atoms with van der Waals surface area (Å²) in [5, 5.41) is 3.39. The fourth-order valence-corrected chi connectivity index (χ4v) is 2.61. The number of nitrogens with zero attached hydrogens (tertiary/aromatic N) is 2. The normalized spacial score (nSPS) is 10.6. The summed E-state index contributed by atoms with van der Waals surface area (Å²) in [4.78, 5) is 8.44. The first-order valence-corrected chi connectivity index (χ1v) is 6.79. The van der Waals surface area contributed by atoms with Gasteiger partial charge in [0.15, 0.2) is 0 Å². The lowest BCUT2D eigenvalue weighted by atomic mass is 10.2. The van der Waals surface area contributed by atoms with Gasteiger partial charge in [-0.05, 0) is 17.7 Å². The summed E-state index contributed by atoms with van der Waals surface area (Å²) >= 11 is 1.62. The standard InChI is InChI=1S/C14H13N3OS/c1-18-11-4-2-10(3-5-11)6-16-12-7-15-8-13-14(12)19-9-17-13/h2-5,7-9,16H,6H2,1H3. The fourth-order valence-electron chi connectivity index (χ4n) is 1.86. The van der Waals surface area contributed by atoms with Gasteiger partial charge in [-0.15, -0.1) is 11.3 Å². The molecule has 2 aromatic heterocycles. The molecule has 0 saturated carbocycles. The number of aromatic nitrogens is 2. The molecule has 96 valence electrons. The molecule has 0 amide bonds. The van der Waals surface area contributed by atoms with Crippen LogP contribution in [0.15, 0.2) is 42.2 Å². The summed E-state index contributed by atoms with van der Waals surface area (Å²) in [6, 6.07) is 8.02. The van der Waals surface area contributed by atoms with Crippen molar-refractivity contribution >= 4 is 27.2 Å². The molecule has 2 heterocycles. The van der Waals surface area contributed by atoms with Gasteiger partial charge in [0.1, 0.15) is 11.3 Å². The maximum Gasteiger partial charge on any atom is 0.118 e. The van der Waals surface area contributed by atoms with Crippen LogP contribution >= 0.6 is 11.3 Å². The largest absolute Gasteiger partial charge is 0.497 e. The second-order valence-corrected chi connectivity index (χ2v) is 4.94. The van der Waals surface area contributed by atoms with Crippen molar-refractivity contribution in [3.05, 3.63) is 47.7 Å². The van der Waals surface area contributed by atoms with Crippen LogP contribution in [0.4, 0.5) is 5.69 Å². The second-order valence-electron chi connectivity index (χ2n) is 4.09. The zero-order chi connectivity index (χ0) is 13.1. The lowest BCUT2D eigenvalue weighted by Crippen LogP contribution is -1.99. The van der Waals surface area contributed by atoms with E-state index in [-0.39, 0.29) is 0 Å². The van der Waals surface area contributed by atoms with E-state index < -0.39 is 0 Å². The minimum Gasteiger partial charge on any atom is -0.497 e. The van der Waals surface area contributed by atoms with E-state index in [9.17, 15) is 0 Å². The van der Waals surface area contributed by atoms with E-state index in [1.165, 1.54) is 5.56 Å². The quantitative estimate of drug-likeness (QED) is 0.790. The number of ether oxygens (including phenoxy) is 1. The number of rotatable bonds is 4. The molecule has 0 spiro atoms. The molecule has 0 unspecified atom stereocenters. The van der Waals surface area contributed by atoms with Gasteiger partial charge in [0.05, 0.1) is 35.4 Å². The van der Waals surface area contributed by atoms with E-state index in [0.29, 0.717) is 0 Å². The Morgan fingerprint density at radius 1 is 1.21 bits per heavy atom. The fraction of sp³-hybridized carbons (Fsp3) is 0.143. The van der Waals surface area contributed by atoms with E-state index in [1.807, 2.05) is 36.0 Å². The molecule has 0 atom stereocenters. The monoisotopic (exact) mass is 271 g/mol. The maximum atomic E-state index is 5.14. The van der Waals surface area contributed by atoms with Crippen LogP contribution in [0.2, 0.25) is 0 Å². The maximum absolute atomic E-state index is 5.14. The SMILES string of the molecule is COc1ccc(CNc2cncc3ncsc23)cc1. The number of benzene rings is 1. The smallest absolute Gasteiger partial charge is 0.118 e. The number of nitrogens with one attached hydrogen (secondary N) is 1. The van der Waals surface area contributed by atoms with Crippen LogP contribution in [0.3, 0.4) is 0 Å². The molecule has 5 heteroatoms. The topological polar surface area (TPSA) is 47.0 Å². The van der Waals surface area contributed by atoms with E-state index in [2.05, 4.69) is 15.3 Å².